The normalized spacial score (nSPS) is 17.5. The summed E-state index contributed by atoms with van der Waals surface area (Å²) >= 11 is 0. The van der Waals surface area contributed by atoms with Crippen LogP contribution in [-0.2, 0) is 17.7 Å². The Bertz CT molecular complexity index is 741. The van der Waals surface area contributed by atoms with E-state index in [2.05, 4.69) is 34.1 Å². The number of morpholine rings is 1. The fraction of sp³-hybridized carbons (Fsp3) is 0.368. The molecule has 1 aromatic carbocycles. The summed E-state index contributed by atoms with van der Waals surface area (Å²) < 4.78 is 5.35. The molecule has 0 bridgehead atoms. The van der Waals surface area contributed by atoms with Crippen LogP contribution in [0.3, 0.4) is 0 Å². The van der Waals surface area contributed by atoms with E-state index >= 15 is 0 Å². The SMILES string of the molecule is O=C(c1cccnc1N1CCc2ccccc2C1)N1CCOCC1. The summed E-state index contributed by atoms with van der Waals surface area (Å²) in [5.74, 6) is 0.851. The molecule has 0 spiro atoms. The van der Waals surface area contributed by atoms with E-state index in [0.717, 1.165) is 25.3 Å². The van der Waals surface area contributed by atoms with E-state index in [1.807, 2.05) is 17.0 Å². The zero-order valence-electron chi connectivity index (χ0n) is 13.6. The number of amides is 1. The van der Waals surface area contributed by atoms with Crippen LogP contribution in [0.15, 0.2) is 42.6 Å². The molecule has 0 N–H and O–H groups in total. The number of nitrogens with zero attached hydrogens (tertiary/aromatic N) is 3. The number of ether oxygens (including phenoxy) is 1. The third kappa shape index (κ3) is 2.87. The highest BCUT2D eigenvalue weighted by atomic mass is 16.5. The number of aromatic nitrogens is 1. The summed E-state index contributed by atoms with van der Waals surface area (Å²) in [6.07, 6.45) is 2.75. The van der Waals surface area contributed by atoms with Gasteiger partial charge in [-0.2, -0.15) is 0 Å². The van der Waals surface area contributed by atoms with E-state index in [1.54, 1.807) is 6.20 Å². The maximum Gasteiger partial charge on any atom is 0.257 e. The van der Waals surface area contributed by atoms with Gasteiger partial charge >= 0.3 is 0 Å². The van der Waals surface area contributed by atoms with E-state index in [1.165, 1.54) is 11.1 Å². The maximum absolute atomic E-state index is 12.9. The first-order valence-corrected chi connectivity index (χ1v) is 8.47. The van der Waals surface area contributed by atoms with Gasteiger partial charge in [-0.15, -0.1) is 0 Å². The minimum absolute atomic E-state index is 0.0558. The van der Waals surface area contributed by atoms with Crippen molar-refractivity contribution in [3.8, 4) is 0 Å². The van der Waals surface area contributed by atoms with Crippen LogP contribution in [0.4, 0.5) is 5.82 Å². The fourth-order valence-electron chi connectivity index (χ4n) is 3.43. The van der Waals surface area contributed by atoms with Crippen LogP contribution in [0.25, 0.3) is 0 Å². The number of fused-ring (bicyclic) bond motifs is 1. The van der Waals surface area contributed by atoms with Crippen molar-refractivity contribution in [1.82, 2.24) is 9.88 Å². The number of anilines is 1. The quantitative estimate of drug-likeness (QED) is 0.849. The zero-order valence-corrected chi connectivity index (χ0v) is 13.6. The van der Waals surface area contributed by atoms with Crippen molar-refractivity contribution < 1.29 is 9.53 Å². The number of carbonyl (C=O) groups excluding carboxylic acids is 1. The summed E-state index contributed by atoms with van der Waals surface area (Å²) in [7, 11) is 0. The van der Waals surface area contributed by atoms with Gasteiger partial charge in [-0.05, 0) is 29.7 Å². The highest BCUT2D eigenvalue weighted by Crippen LogP contribution is 2.26. The number of hydrogen-bond acceptors (Lipinski definition) is 4. The van der Waals surface area contributed by atoms with Crippen LogP contribution in [0, 0.1) is 0 Å². The molecule has 2 aromatic rings. The van der Waals surface area contributed by atoms with Gasteiger partial charge < -0.3 is 14.5 Å². The molecule has 5 heteroatoms. The second-order valence-electron chi connectivity index (χ2n) is 6.22. The van der Waals surface area contributed by atoms with Gasteiger partial charge in [0.1, 0.15) is 5.82 Å². The molecule has 0 saturated carbocycles. The molecular weight excluding hydrogens is 302 g/mol. The van der Waals surface area contributed by atoms with E-state index in [0.29, 0.717) is 31.9 Å². The maximum atomic E-state index is 12.9. The molecule has 1 fully saturated rings. The first kappa shape index (κ1) is 15.1. The van der Waals surface area contributed by atoms with Crippen molar-refractivity contribution in [2.24, 2.45) is 0 Å². The molecule has 0 unspecified atom stereocenters. The van der Waals surface area contributed by atoms with Crippen LogP contribution < -0.4 is 4.90 Å². The summed E-state index contributed by atoms with van der Waals surface area (Å²) in [6, 6.07) is 12.2. The second-order valence-corrected chi connectivity index (χ2v) is 6.22. The second kappa shape index (κ2) is 6.61. The smallest absolute Gasteiger partial charge is 0.257 e. The number of hydrogen-bond donors (Lipinski definition) is 0. The van der Waals surface area contributed by atoms with Gasteiger partial charge in [0.2, 0.25) is 0 Å². The Kier molecular flexibility index (Phi) is 4.17. The molecular formula is C19H21N3O2. The van der Waals surface area contributed by atoms with Gasteiger partial charge in [-0.25, -0.2) is 4.98 Å². The molecule has 5 nitrogen and oxygen atoms in total. The van der Waals surface area contributed by atoms with Crippen LogP contribution >= 0.6 is 0 Å². The predicted octanol–water partition coefficient (Wildman–Crippen LogP) is 2.12. The van der Waals surface area contributed by atoms with E-state index in [4.69, 9.17) is 4.74 Å². The van der Waals surface area contributed by atoms with E-state index < -0.39 is 0 Å². The lowest BCUT2D eigenvalue weighted by Crippen LogP contribution is -2.41. The van der Waals surface area contributed by atoms with Gasteiger partial charge in [0, 0.05) is 32.4 Å². The average Bonchev–Trinajstić information content (AvgIpc) is 2.68. The summed E-state index contributed by atoms with van der Waals surface area (Å²) in [6.45, 7) is 4.21. The van der Waals surface area contributed by atoms with E-state index in [-0.39, 0.29) is 5.91 Å². The molecule has 24 heavy (non-hydrogen) atoms. The first-order valence-electron chi connectivity index (χ1n) is 8.47. The summed E-state index contributed by atoms with van der Waals surface area (Å²) in [5, 5.41) is 0. The zero-order chi connectivity index (χ0) is 16.4. The molecule has 2 aliphatic heterocycles. The molecule has 124 valence electrons. The Morgan fingerprint density at radius 2 is 1.79 bits per heavy atom. The van der Waals surface area contributed by atoms with Crippen LogP contribution in [0.5, 0.6) is 0 Å². The number of pyridine rings is 1. The first-order chi connectivity index (χ1) is 11.8. The Morgan fingerprint density at radius 1 is 1.00 bits per heavy atom. The van der Waals surface area contributed by atoms with Gasteiger partial charge in [0.15, 0.2) is 0 Å². The highest BCUT2D eigenvalue weighted by Gasteiger charge is 2.25. The Balaban J connectivity index is 1.61. The third-order valence-electron chi connectivity index (χ3n) is 4.75. The fourth-order valence-corrected chi connectivity index (χ4v) is 3.43. The molecule has 1 aromatic heterocycles. The lowest BCUT2D eigenvalue weighted by molar-refractivity contribution is 0.0303. The van der Waals surface area contributed by atoms with E-state index in [9.17, 15) is 4.79 Å². The largest absolute Gasteiger partial charge is 0.378 e. The molecule has 0 atom stereocenters. The molecule has 4 rings (SSSR count). The monoisotopic (exact) mass is 323 g/mol. The Morgan fingerprint density at radius 3 is 2.62 bits per heavy atom. The molecule has 1 saturated heterocycles. The average molecular weight is 323 g/mol. The predicted molar refractivity (Wildman–Crippen MR) is 92.2 cm³/mol. The molecule has 0 aliphatic carbocycles. The molecule has 2 aliphatic rings. The number of rotatable bonds is 2. The third-order valence-corrected chi connectivity index (χ3v) is 4.75. The number of carbonyl (C=O) groups is 1. The van der Waals surface area contributed by atoms with Crippen LogP contribution in [0.1, 0.15) is 21.5 Å². The molecule has 0 radical (unpaired) electrons. The molecule has 3 heterocycles. The Hall–Kier alpha value is -2.40. The standard InChI is InChI=1S/C19H21N3O2/c23-19(21-10-12-24-13-11-21)17-6-3-8-20-18(17)22-9-7-15-4-1-2-5-16(15)14-22/h1-6,8H,7,9-14H2. The van der Waals surface area contributed by atoms with Crippen molar-refractivity contribution in [1.29, 1.82) is 0 Å². The van der Waals surface area contributed by atoms with Crippen LogP contribution in [-0.4, -0.2) is 48.6 Å². The lowest BCUT2D eigenvalue weighted by Gasteiger charge is -2.32. The minimum Gasteiger partial charge on any atom is -0.378 e. The lowest BCUT2D eigenvalue weighted by atomic mass is 9.99. The van der Waals surface area contributed by atoms with Gasteiger partial charge in [0.25, 0.3) is 5.91 Å². The summed E-state index contributed by atoms with van der Waals surface area (Å²) in [5.41, 5.74) is 3.41. The van der Waals surface area contributed by atoms with Crippen LogP contribution in [0.2, 0.25) is 0 Å². The topological polar surface area (TPSA) is 45.7 Å². The van der Waals surface area contributed by atoms with Gasteiger partial charge in [-0.3, -0.25) is 4.79 Å². The Labute approximate surface area is 141 Å². The van der Waals surface area contributed by atoms with Crippen molar-refractivity contribution in [3.05, 3.63) is 59.3 Å². The number of benzene rings is 1. The van der Waals surface area contributed by atoms with Crippen molar-refractivity contribution in [3.63, 3.8) is 0 Å². The summed E-state index contributed by atoms with van der Waals surface area (Å²) in [4.78, 5) is 21.5. The van der Waals surface area contributed by atoms with Gasteiger partial charge in [0.05, 0.1) is 18.8 Å². The minimum atomic E-state index is 0.0558. The molecule has 1 amide bonds. The highest BCUT2D eigenvalue weighted by molar-refractivity contribution is 5.99. The van der Waals surface area contributed by atoms with Crippen molar-refractivity contribution >= 4 is 11.7 Å². The van der Waals surface area contributed by atoms with Crippen molar-refractivity contribution in [2.45, 2.75) is 13.0 Å². The van der Waals surface area contributed by atoms with Crippen molar-refractivity contribution in [2.75, 3.05) is 37.7 Å². The van der Waals surface area contributed by atoms with Gasteiger partial charge in [-0.1, -0.05) is 24.3 Å².